The summed E-state index contributed by atoms with van der Waals surface area (Å²) in [4.78, 5) is 38.1. The molecule has 1 aliphatic heterocycles. The summed E-state index contributed by atoms with van der Waals surface area (Å²) in [6.07, 6.45) is -6.60. The number of ether oxygens (including phenoxy) is 5. The molecule has 9 heteroatoms. The van der Waals surface area contributed by atoms with Crippen LogP contribution in [0.2, 0.25) is 0 Å². The zero-order valence-corrected chi connectivity index (χ0v) is 20.0. The molecule has 192 valence electrons. The van der Waals surface area contributed by atoms with Gasteiger partial charge in [0.05, 0.1) is 16.7 Å². The Kier molecular flexibility index (Phi) is 8.63. The summed E-state index contributed by atoms with van der Waals surface area (Å²) in [5.41, 5.74) is 0.798. The minimum atomic E-state index is -1.52. The van der Waals surface area contributed by atoms with Crippen molar-refractivity contribution in [2.45, 2.75) is 30.7 Å². The first-order valence-corrected chi connectivity index (χ1v) is 11.6. The summed E-state index contributed by atoms with van der Waals surface area (Å²) in [5.74, 6) is -2.10. The molecule has 0 radical (unpaired) electrons. The molecule has 4 rings (SSSR count). The van der Waals surface area contributed by atoms with Gasteiger partial charge in [-0.25, -0.2) is 14.4 Å². The van der Waals surface area contributed by atoms with E-state index in [9.17, 15) is 19.5 Å². The lowest BCUT2D eigenvalue weighted by Crippen LogP contribution is -2.61. The van der Waals surface area contributed by atoms with Crippen molar-refractivity contribution in [3.8, 4) is 0 Å². The molecule has 1 aliphatic rings. The van der Waals surface area contributed by atoms with Gasteiger partial charge in [0.1, 0.15) is 18.8 Å². The van der Waals surface area contributed by atoms with Crippen LogP contribution in [0, 0.1) is 0 Å². The van der Waals surface area contributed by atoms with Gasteiger partial charge in [0, 0.05) is 7.11 Å². The minimum Gasteiger partial charge on any atom is -0.459 e. The molecular formula is C28H26O9. The van der Waals surface area contributed by atoms with E-state index >= 15 is 0 Å². The van der Waals surface area contributed by atoms with Crippen molar-refractivity contribution in [2.24, 2.45) is 0 Å². The number of benzene rings is 3. The van der Waals surface area contributed by atoms with E-state index in [4.69, 9.17) is 23.7 Å². The van der Waals surface area contributed by atoms with Gasteiger partial charge in [-0.2, -0.15) is 0 Å². The molecule has 1 N–H and O–H groups in total. The highest BCUT2D eigenvalue weighted by atomic mass is 16.7. The van der Waals surface area contributed by atoms with Crippen molar-refractivity contribution in [2.75, 3.05) is 13.7 Å². The van der Waals surface area contributed by atoms with Crippen LogP contribution in [0.4, 0.5) is 0 Å². The Balaban J connectivity index is 1.55. The maximum atomic E-state index is 12.9. The van der Waals surface area contributed by atoms with Crippen molar-refractivity contribution < 1.29 is 43.2 Å². The van der Waals surface area contributed by atoms with Crippen molar-refractivity contribution in [1.82, 2.24) is 0 Å². The summed E-state index contributed by atoms with van der Waals surface area (Å²) in [7, 11) is 1.31. The van der Waals surface area contributed by atoms with Crippen molar-refractivity contribution >= 4 is 17.9 Å². The third-order valence-corrected chi connectivity index (χ3v) is 5.74. The monoisotopic (exact) mass is 506 g/mol. The molecule has 9 nitrogen and oxygen atoms in total. The molecule has 3 aromatic rings. The van der Waals surface area contributed by atoms with Gasteiger partial charge in [0.25, 0.3) is 0 Å². The van der Waals surface area contributed by atoms with Crippen LogP contribution in [0.15, 0.2) is 91.0 Å². The molecule has 1 fully saturated rings. The van der Waals surface area contributed by atoms with Crippen LogP contribution in [0.3, 0.4) is 0 Å². The second-order valence-electron chi connectivity index (χ2n) is 8.21. The summed E-state index contributed by atoms with van der Waals surface area (Å²) in [5, 5.41) is 11.1. The highest BCUT2D eigenvalue weighted by Crippen LogP contribution is 2.28. The lowest BCUT2D eigenvalue weighted by molar-refractivity contribution is -0.292. The fraction of sp³-hybridized carbons (Fsp3) is 0.250. The van der Waals surface area contributed by atoms with Crippen LogP contribution in [0.25, 0.3) is 0 Å². The molecule has 5 atom stereocenters. The molecule has 3 aromatic carbocycles. The van der Waals surface area contributed by atoms with E-state index in [0.717, 1.165) is 0 Å². The number of hydrogen-bond acceptors (Lipinski definition) is 9. The van der Waals surface area contributed by atoms with Crippen molar-refractivity contribution in [1.29, 1.82) is 0 Å². The largest absolute Gasteiger partial charge is 0.459 e. The summed E-state index contributed by atoms with van der Waals surface area (Å²) >= 11 is 0. The third-order valence-electron chi connectivity index (χ3n) is 5.74. The topological polar surface area (TPSA) is 118 Å². The van der Waals surface area contributed by atoms with E-state index in [1.54, 1.807) is 91.0 Å². The summed E-state index contributed by atoms with van der Waals surface area (Å²) in [6.45, 7) is -0.368. The second kappa shape index (κ2) is 12.3. The molecule has 1 saturated heterocycles. The molecule has 0 bridgehead atoms. The van der Waals surface area contributed by atoms with Gasteiger partial charge in [0.2, 0.25) is 0 Å². The average molecular weight is 507 g/mol. The minimum absolute atomic E-state index is 0.232. The highest BCUT2D eigenvalue weighted by Gasteiger charge is 2.50. The smallest absolute Gasteiger partial charge is 0.338 e. The Morgan fingerprint density at radius 2 is 1.14 bits per heavy atom. The molecule has 0 spiro atoms. The number of hydrogen-bond donors (Lipinski definition) is 1. The second-order valence-corrected chi connectivity index (χ2v) is 8.21. The number of carbonyl (C=O) groups is 3. The first-order chi connectivity index (χ1) is 18.0. The van der Waals surface area contributed by atoms with Crippen molar-refractivity contribution in [3.05, 3.63) is 108 Å². The Labute approximate surface area is 213 Å². The van der Waals surface area contributed by atoms with Gasteiger partial charge < -0.3 is 28.8 Å². The predicted molar refractivity (Wildman–Crippen MR) is 130 cm³/mol. The Hall–Kier alpha value is -4.05. The highest BCUT2D eigenvalue weighted by molar-refractivity contribution is 5.90. The SMILES string of the molecule is CO[C@H]1O[C@H](COC(=O)c2ccccc2)[C@H](O)[C@H](OC(=O)c2ccccc2)[C@@H]1OC(=O)c1ccccc1. The maximum Gasteiger partial charge on any atom is 0.338 e. The van der Waals surface area contributed by atoms with Crippen molar-refractivity contribution in [3.63, 3.8) is 0 Å². The van der Waals surface area contributed by atoms with Gasteiger partial charge >= 0.3 is 17.9 Å². The van der Waals surface area contributed by atoms with Gasteiger partial charge in [-0.05, 0) is 36.4 Å². The standard InChI is InChI=1S/C28H26O9/c1-33-28-24(37-27(32)20-15-9-4-10-16-20)23(36-26(31)19-13-7-3-8-14-19)22(29)21(35-28)17-34-25(30)18-11-5-2-6-12-18/h2-16,21-24,28-29H,17H2,1H3/t21-,22+,23+,24+,28+/m1/s1. The van der Waals surface area contributed by atoms with Crippen LogP contribution >= 0.6 is 0 Å². The van der Waals surface area contributed by atoms with Crippen LogP contribution in [0.5, 0.6) is 0 Å². The van der Waals surface area contributed by atoms with E-state index in [1.807, 2.05) is 0 Å². The Morgan fingerprint density at radius 1 is 0.703 bits per heavy atom. The van der Waals surface area contributed by atoms with Gasteiger partial charge in [-0.3, -0.25) is 0 Å². The predicted octanol–water partition coefficient (Wildman–Crippen LogP) is 3.03. The molecule has 0 amide bonds. The third kappa shape index (κ3) is 6.39. The molecular weight excluding hydrogens is 480 g/mol. The Morgan fingerprint density at radius 3 is 1.59 bits per heavy atom. The first kappa shape index (κ1) is 26.0. The van der Waals surface area contributed by atoms with Crippen LogP contribution in [0.1, 0.15) is 31.1 Å². The number of rotatable bonds is 8. The molecule has 0 unspecified atom stereocenters. The number of aliphatic hydroxyl groups is 1. The van der Waals surface area contributed by atoms with E-state index < -0.39 is 48.6 Å². The normalized spacial score (nSPS) is 23.0. The van der Waals surface area contributed by atoms with Crippen LogP contribution in [-0.4, -0.2) is 67.4 Å². The molecule has 0 aliphatic carbocycles. The van der Waals surface area contributed by atoms with E-state index in [2.05, 4.69) is 0 Å². The number of carbonyl (C=O) groups excluding carboxylic acids is 3. The zero-order valence-electron chi connectivity index (χ0n) is 20.0. The molecule has 1 heterocycles. The number of aliphatic hydroxyl groups excluding tert-OH is 1. The van der Waals surface area contributed by atoms with Gasteiger partial charge in [-0.15, -0.1) is 0 Å². The molecule has 37 heavy (non-hydrogen) atoms. The first-order valence-electron chi connectivity index (χ1n) is 11.6. The van der Waals surface area contributed by atoms with E-state index in [-0.39, 0.29) is 17.7 Å². The maximum absolute atomic E-state index is 12.9. The number of esters is 3. The van der Waals surface area contributed by atoms with Crippen LogP contribution < -0.4 is 0 Å². The summed E-state index contributed by atoms with van der Waals surface area (Å²) in [6, 6.07) is 24.7. The zero-order chi connectivity index (χ0) is 26.2. The number of methoxy groups -OCH3 is 1. The average Bonchev–Trinajstić information content (AvgIpc) is 2.95. The van der Waals surface area contributed by atoms with E-state index in [0.29, 0.717) is 5.56 Å². The fourth-order valence-corrected chi connectivity index (χ4v) is 3.83. The van der Waals surface area contributed by atoms with Crippen LogP contribution in [-0.2, 0) is 23.7 Å². The lowest BCUT2D eigenvalue weighted by Gasteiger charge is -2.42. The molecule has 0 saturated carbocycles. The fourth-order valence-electron chi connectivity index (χ4n) is 3.83. The van der Waals surface area contributed by atoms with Gasteiger partial charge in [0.15, 0.2) is 18.5 Å². The van der Waals surface area contributed by atoms with E-state index in [1.165, 1.54) is 7.11 Å². The van der Waals surface area contributed by atoms with Gasteiger partial charge in [-0.1, -0.05) is 54.6 Å². The summed E-state index contributed by atoms with van der Waals surface area (Å²) < 4.78 is 27.7. The Bertz CT molecular complexity index is 1180. The lowest BCUT2D eigenvalue weighted by atomic mass is 9.98. The molecule has 0 aromatic heterocycles. The quantitative estimate of drug-likeness (QED) is 0.363.